The number of pyridine rings is 1. The van der Waals surface area contributed by atoms with Crippen molar-refractivity contribution in [3.05, 3.63) is 50.7 Å². The van der Waals surface area contributed by atoms with Gasteiger partial charge >= 0.3 is 5.97 Å². The van der Waals surface area contributed by atoms with E-state index in [9.17, 15) is 14.4 Å². The first-order chi connectivity index (χ1) is 7.08. The van der Waals surface area contributed by atoms with E-state index in [0.717, 1.165) is 16.5 Å². The molecule has 0 spiro atoms. The van der Waals surface area contributed by atoms with Crippen molar-refractivity contribution in [2.24, 2.45) is 0 Å². The fourth-order valence-corrected chi connectivity index (χ4v) is 1.25. The lowest BCUT2D eigenvalue weighted by molar-refractivity contribution is 0.0690. The van der Waals surface area contributed by atoms with Crippen LogP contribution in [0.1, 0.15) is 10.5 Å². The van der Waals surface area contributed by atoms with Crippen molar-refractivity contribution in [3.63, 3.8) is 0 Å². The molecule has 6 nitrogen and oxygen atoms in total. The van der Waals surface area contributed by atoms with Gasteiger partial charge < -0.3 is 10.1 Å². The molecule has 2 heterocycles. The number of carboxylic acid groups (broad SMARTS) is 1. The van der Waals surface area contributed by atoms with Crippen LogP contribution in [0, 0.1) is 0 Å². The van der Waals surface area contributed by atoms with Crippen LogP contribution in [0.3, 0.4) is 0 Å². The number of aromatic carboxylic acids is 1. The van der Waals surface area contributed by atoms with E-state index < -0.39 is 11.5 Å². The number of carboxylic acids is 1. The quantitative estimate of drug-likeness (QED) is 0.669. The Hall–Kier alpha value is -2.37. The van der Waals surface area contributed by atoms with Gasteiger partial charge in [-0.15, -0.1) is 0 Å². The van der Waals surface area contributed by atoms with E-state index in [2.05, 4.69) is 4.98 Å². The maximum absolute atomic E-state index is 11.4. The Morgan fingerprint density at radius 3 is 2.73 bits per heavy atom. The van der Waals surface area contributed by atoms with Crippen LogP contribution in [0.15, 0.2) is 34.0 Å². The zero-order valence-corrected chi connectivity index (χ0v) is 7.43. The van der Waals surface area contributed by atoms with Crippen LogP contribution in [-0.4, -0.2) is 20.5 Å². The Morgan fingerprint density at radius 2 is 2.07 bits per heavy atom. The minimum Gasteiger partial charge on any atom is -0.477 e. The van der Waals surface area contributed by atoms with E-state index >= 15 is 0 Å². The topological polar surface area (TPSA) is 91.6 Å². The molecule has 0 radical (unpaired) electrons. The van der Waals surface area contributed by atoms with Crippen molar-refractivity contribution in [1.29, 1.82) is 0 Å². The van der Waals surface area contributed by atoms with Gasteiger partial charge in [0.25, 0.3) is 5.56 Å². The second-order valence-electron chi connectivity index (χ2n) is 2.94. The molecule has 0 amide bonds. The standard InChI is InChI=1S/C9H6N2O4/c12-5-1-2-11-7(3-5)10-6(9(14)15)4-8(11)13/h1-4,10H,(H,14,15). The van der Waals surface area contributed by atoms with Gasteiger partial charge in [0, 0.05) is 24.4 Å². The van der Waals surface area contributed by atoms with Gasteiger partial charge in [-0.05, 0) is 0 Å². The van der Waals surface area contributed by atoms with E-state index in [4.69, 9.17) is 5.11 Å². The molecular formula is C9H6N2O4. The summed E-state index contributed by atoms with van der Waals surface area (Å²) in [5.41, 5.74) is -0.882. The number of carbonyl (C=O) groups is 1. The van der Waals surface area contributed by atoms with E-state index in [0.29, 0.717) is 0 Å². The lowest BCUT2D eigenvalue weighted by Crippen LogP contribution is -2.19. The number of nitrogens with one attached hydrogen (secondary N) is 1. The third kappa shape index (κ3) is 1.52. The van der Waals surface area contributed by atoms with Gasteiger partial charge in [0.1, 0.15) is 11.3 Å². The first kappa shape index (κ1) is 9.20. The minimum atomic E-state index is -1.24. The number of aromatic nitrogens is 2. The summed E-state index contributed by atoms with van der Waals surface area (Å²) < 4.78 is 1.16. The number of rotatable bonds is 1. The van der Waals surface area contributed by atoms with Crippen molar-refractivity contribution in [1.82, 2.24) is 9.38 Å². The molecular weight excluding hydrogens is 200 g/mol. The normalized spacial score (nSPS) is 10.4. The first-order valence-electron chi connectivity index (χ1n) is 4.07. The van der Waals surface area contributed by atoms with Crippen LogP contribution in [0.4, 0.5) is 0 Å². The van der Waals surface area contributed by atoms with Gasteiger partial charge in [0.15, 0.2) is 5.43 Å². The Morgan fingerprint density at radius 1 is 1.33 bits per heavy atom. The third-order valence-electron chi connectivity index (χ3n) is 1.92. The van der Waals surface area contributed by atoms with Crippen molar-refractivity contribution < 1.29 is 9.90 Å². The maximum atomic E-state index is 11.4. The predicted octanol–water partition coefficient (Wildman–Crippen LogP) is -0.314. The van der Waals surface area contributed by atoms with E-state index in [-0.39, 0.29) is 16.8 Å². The molecule has 0 fully saturated rings. The van der Waals surface area contributed by atoms with Crippen molar-refractivity contribution in [3.8, 4) is 0 Å². The van der Waals surface area contributed by atoms with Gasteiger partial charge in [-0.3, -0.25) is 14.0 Å². The highest BCUT2D eigenvalue weighted by atomic mass is 16.4. The SMILES string of the molecule is O=C(O)c1cc(=O)n2ccc(=O)cc2[nH]1. The summed E-state index contributed by atoms with van der Waals surface area (Å²) in [6.07, 6.45) is 1.29. The summed E-state index contributed by atoms with van der Waals surface area (Å²) in [7, 11) is 0. The van der Waals surface area contributed by atoms with E-state index in [1.54, 1.807) is 0 Å². The monoisotopic (exact) mass is 206 g/mol. The van der Waals surface area contributed by atoms with Crippen LogP contribution in [0.25, 0.3) is 5.65 Å². The Kier molecular flexibility index (Phi) is 1.89. The van der Waals surface area contributed by atoms with Gasteiger partial charge in [-0.2, -0.15) is 0 Å². The molecule has 2 N–H and O–H groups in total. The third-order valence-corrected chi connectivity index (χ3v) is 1.92. The summed E-state index contributed by atoms with van der Waals surface area (Å²) in [6, 6.07) is 3.34. The summed E-state index contributed by atoms with van der Waals surface area (Å²) in [6.45, 7) is 0. The number of fused-ring (bicyclic) bond motifs is 1. The summed E-state index contributed by atoms with van der Waals surface area (Å²) >= 11 is 0. The number of hydrogen-bond donors (Lipinski definition) is 2. The molecule has 2 aromatic heterocycles. The molecule has 2 rings (SSSR count). The van der Waals surface area contributed by atoms with Crippen LogP contribution < -0.4 is 11.0 Å². The number of hydrogen-bond acceptors (Lipinski definition) is 3. The minimum absolute atomic E-state index is 0.160. The van der Waals surface area contributed by atoms with Gasteiger partial charge in [0.05, 0.1) is 0 Å². The van der Waals surface area contributed by atoms with Crippen molar-refractivity contribution in [2.75, 3.05) is 0 Å². The van der Waals surface area contributed by atoms with Crippen LogP contribution in [0.5, 0.6) is 0 Å². The van der Waals surface area contributed by atoms with Crippen LogP contribution in [-0.2, 0) is 0 Å². The average molecular weight is 206 g/mol. The lowest BCUT2D eigenvalue weighted by Gasteiger charge is -2.00. The molecule has 0 aliphatic carbocycles. The molecule has 0 atom stereocenters. The molecule has 0 saturated carbocycles. The molecule has 0 unspecified atom stereocenters. The van der Waals surface area contributed by atoms with Crippen molar-refractivity contribution in [2.45, 2.75) is 0 Å². The van der Waals surface area contributed by atoms with Crippen LogP contribution >= 0.6 is 0 Å². The van der Waals surface area contributed by atoms with Crippen LogP contribution in [0.2, 0.25) is 0 Å². The second kappa shape index (κ2) is 3.09. The second-order valence-corrected chi connectivity index (χ2v) is 2.94. The molecule has 0 saturated heterocycles. The lowest BCUT2D eigenvalue weighted by atomic mass is 10.3. The molecule has 6 heteroatoms. The highest BCUT2D eigenvalue weighted by Gasteiger charge is 2.06. The van der Waals surface area contributed by atoms with Crippen molar-refractivity contribution >= 4 is 11.6 Å². The van der Waals surface area contributed by atoms with E-state index in [1.807, 2.05) is 0 Å². The molecule has 15 heavy (non-hydrogen) atoms. The molecule has 0 aliphatic heterocycles. The zero-order chi connectivity index (χ0) is 11.0. The summed E-state index contributed by atoms with van der Waals surface area (Å²) in [5, 5.41) is 8.68. The molecule has 76 valence electrons. The Labute approximate surface area is 82.4 Å². The average Bonchev–Trinajstić information content (AvgIpc) is 2.16. The fourth-order valence-electron chi connectivity index (χ4n) is 1.25. The Bertz CT molecular complexity index is 653. The number of H-pyrrole nitrogens is 1. The maximum Gasteiger partial charge on any atom is 0.352 e. The largest absolute Gasteiger partial charge is 0.477 e. The summed E-state index contributed by atoms with van der Waals surface area (Å²) in [5.74, 6) is -1.24. The fraction of sp³-hybridized carbons (Fsp3) is 0. The van der Waals surface area contributed by atoms with Gasteiger partial charge in [-0.1, -0.05) is 0 Å². The molecule has 0 aliphatic rings. The smallest absolute Gasteiger partial charge is 0.352 e. The number of nitrogens with zero attached hydrogens (tertiary/aromatic N) is 1. The highest BCUT2D eigenvalue weighted by molar-refractivity contribution is 5.85. The van der Waals surface area contributed by atoms with E-state index in [1.165, 1.54) is 12.3 Å². The molecule has 0 aromatic carbocycles. The zero-order valence-electron chi connectivity index (χ0n) is 7.43. The highest BCUT2D eigenvalue weighted by Crippen LogP contribution is 1.95. The van der Waals surface area contributed by atoms with Gasteiger partial charge in [0.2, 0.25) is 0 Å². The predicted molar refractivity (Wildman–Crippen MR) is 51.2 cm³/mol. The first-order valence-corrected chi connectivity index (χ1v) is 4.07. The Balaban J connectivity index is 2.91. The number of aromatic amines is 1. The molecule has 0 bridgehead atoms. The molecule has 2 aromatic rings. The van der Waals surface area contributed by atoms with Gasteiger partial charge in [-0.25, -0.2) is 4.79 Å². The summed E-state index contributed by atoms with van der Waals surface area (Å²) in [4.78, 5) is 35.5.